The second-order valence-electron chi connectivity index (χ2n) is 6.02. The maximum atomic E-state index is 13.9. The summed E-state index contributed by atoms with van der Waals surface area (Å²) in [6.07, 6.45) is -1.34. The highest BCUT2D eigenvalue weighted by Crippen LogP contribution is 2.35. The molecule has 1 aromatic heterocycles. The summed E-state index contributed by atoms with van der Waals surface area (Å²) in [5.41, 5.74) is 1.69. The number of carboxylic acid groups (broad SMARTS) is 1. The minimum atomic E-state index is -1.34. The number of carboxylic acids is 1. The van der Waals surface area contributed by atoms with Crippen molar-refractivity contribution < 1.29 is 23.4 Å². The quantitative estimate of drug-likeness (QED) is 0.482. The van der Waals surface area contributed by atoms with E-state index in [0.29, 0.717) is 21.7 Å². The van der Waals surface area contributed by atoms with Crippen molar-refractivity contribution in [2.75, 3.05) is 0 Å². The number of nitrogens with zero attached hydrogens (tertiary/aromatic N) is 1. The van der Waals surface area contributed by atoms with E-state index in [1.54, 1.807) is 42.5 Å². The largest absolute Gasteiger partial charge is 0.478 e. The topological polar surface area (TPSA) is 72.6 Å². The van der Waals surface area contributed by atoms with E-state index < -0.39 is 17.9 Å². The molecule has 1 unspecified atom stereocenters. The van der Waals surface area contributed by atoms with Crippen molar-refractivity contribution in [2.45, 2.75) is 6.10 Å². The smallest absolute Gasteiger partial charge is 0.349 e. The second-order valence-corrected chi connectivity index (χ2v) is 6.45. The van der Waals surface area contributed by atoms with Gasteiger partial charge < -0.3 is 14.3 Å². The summed E-state index contributed by atoms with van der Waals surface area (Å²) in [7, 11) is 0. The number of halogens is 2. The fourth-order valence-corrected chi connectivity index (χ4v) is 3.02. The van der Waals surface area contributed by atoms with Gasteiger partial charge in [0.25, 0.3) is 0 Å². The number of rotatable bonds is 5. The van der Waals surface area contributed by atoms with Crippen LogP contribution in [0.2, 0.25) is 5.02 Å². The number of aliphatic carboxylic acids is 1. The first kappa shape index (κ1) is 18.0. The van der Waals surface area contributed by atoms with Gasteiger partial charge in [0.1, 0.15) is 17.1 Å². The number of oxazole rings is 1. The maximum Gasteiger partial charge on any atom is 0.349 e. The van der Waals surface area contributed by atoms with Gasteiger partial charge in [0.2, 0.25) is 12.0 Å². The Kier molecular flexibility index (Phi) is 4.71. The van der Waals surface area contributed by atoms with E-state index in [0.717, 1.165) is 0 Å². The Balaban J connectivity index is 1.78. The first-order chi connectivity index (χ1) is 13.5. The van der Waals surface area contributed by atoms with E-state index in [-0.39, 0.29) is 17.2 Å². The van der Waals surface area contributed by atoms with E-state index >= 15 is 0 Å². The third-order valence-electron chi connectivity index (χ3n) is 4.09. The summed E-state index contributed by atoms with van der Waals surface area (Å²) < 4.78 is 25.3. The number of benzene rings is 3. The highest BCUT2D eigenvalue weighted by molar-refractivity contribution is 6.30. The van der Waals surface area contributed by atoms with Crippen molar-refractivity contribution in [1.82, 2.24) is 4.98 Å². The molecule has 0 amide bonds. The lowest BCUT2D eigenvalue weighted by molar-refractivity contribution is -0.145. The van der Waals surface area contributed by atoms with Crippen LogP contribution >= 0.6 is 11.6 Å². The molecule has 4 aromatic rings. The van der Waals surface area contributed by atoms with Gasteiger partial charge in [-0.05, 0) is 42.5 Å². The molecule has 0 bridgehead atoms. The van der Waals surface area contributed by atoms with Crippen molar-refractivity contribution in [3.63, 3.8) is 0 Å². The first-order valence-corrected chi connectivity index (χ1v) is 8.69. The molecule has 28 heavy (non-hydrogen) atoms. The third kappa shape index (κ3) is 3.54. The van der Waals surface area contributed by atoms with Crippen molar-refractivity contribution in [3.05, 3.63) is 83.1 Å². The monoisotopic (exact) mass is 397 g/mol. The predicted molar refractivity (Wildman–Crippen MR) is 102 cm³/mol. The number of hydrogen-bond acceptors (Lipinski definition) is 4. The Hall–Kier alpha value is -3.38. The van der Waals surface area contributed by atoms with Gasteiger partial charge >= 0.3 is 5.97 Å². The molecule has 3 aromatic carbocycles. The van der Waals surface area contributed by atoms with Crippen LogP contribution < -0.4 is 4.74 Å². The third-order valence-corrected chi connectivity index (χ3v) is 4.32. The fourth-order valence-electron chi connectivity index (χ4n) is 2.82. The summed E-state index contributed by atoms with van der Waals surface area (Å²) >= 11 is 5.97. The molecular weight excluding hydrogens is 385 g/mol. The molecule has 0 radical (unpaired) electrons. The van der Waals surface area contributed by atoms with E-state index in [2.05, 4.69) is 4.98 Å². The van der Waals surface area contributed by atoms with Crippen LogP contribution in [0, 0.1) is 5.82 Å². The van der Waals surface area contributed by atoms with Crippen LogP contribution in [0.5, 0.6) is 5.75 Å². The van der Waals surface area contributed by atoms with Crippen LogP contribution in [0.25, 0.3) is 22.6 Å². The minimum Gasteiger partial charge on any atom is -0.478 e. The number of carbonyl (C=O) groups is 1. The Bertz CT molecular complexity index is 1140. The zero-order chi connectivity index (χ0) is 19.7. The lowest BCUT2D eigenvalue weighted by atomic mass is 10.1. The van der Waals surface area contributed by atoms with Crippen LogP contribution in [0.4, 0.5) is 4.39 Å². The molecule has 0 spiro atoms. The first-order valence-electron chi connectivity index (χ1n) is 8.32. The van der Waals surface area contributed by atoms with Gasteiger partial charge in [-0.2, -0.15) is 0 Å². The molecule has 7 heteroatoms. The average molecular weight is 398 g/mol. The Morgan fingerprint density at radius 3 is 2.68 bits per heavy atom. The van der Waals surface area contributed by atoms with E-state index in [4.69, 9.17) is 20.8 Å². The highest BCUT2D eigenvalue weighted by Gasteiger charge is 2.25. The SMILES string of the molecule is O=C(O)C(Oc1ccc(F)cc1-c1nc2ccccc2o1)c1cccc(Cl)c1. The molecule has 4 rings (SSSR count). The minimum absolute atomic E-state index is 0.125. The van der Waals surface area contributed by atoms with Crippen molar-refractivity contribution in [2.24, 2.45) is 0 Å². The van der Waals surface area contributed by atoms with E-state index in [1.165, 1.54) is 24.3 Å². The Labute approximate surface area is 164 Å². The summed E-state index contributed by atoms with van der Waals surface area (Å²) in [5, 5.41) is 10.0. The van der Waals surface area contributed by atoms with Gasteiger partial charge in [-0.3, -0.25) is 0 Å². The number of hydrogen-bond donors (Lipinski definition) is 1. The van der Waals surface area contributed by atoms with E-state index in [1.807, 2.05) is 0 Å². The standard InChI is InChI=1S/C21H13ClFNO4/c22-13-5-3-4-12(10-13)19(21(25)26)27-17-9-8-14(23)11-15(17)20-24-16-6-1-2-7-18(16)28-20/h1-11,19H,(H,25,26). The van der Waals surface area contributed by atoms with Gasteiger partial charge in [0.05, 0.1) is 5.56 Å². The molecule has 1 heterocycles. The van der Waals surface area contributed by atoms with Crippen molar-refractivity contribution in [1.29, 1.82) is 0 Å². The van der Waals surface area contributed by atoms with Crippen molar-refractivity contribution >= 4 is 28.7 Å². The summed E-state index contributed by atoms with van der Waals surface area (Å²) in [5.74, 6) is -1.49. The van der Waals surface area contributed by atoms with Crippen LogP contribution in [-0.4, -0.2) is 16.1 Å². The molecular formula is C21H13ClFNO4. The Morgan fingerprint density at radius 1 is 1.11 bits per heavy atom. The molecule has 0 fully saturated rings. The van der Waals surface area contributed by atoms with Crippen LogP contribution in [-0.2, 0) is 4.79 Å². The highest BCUT2D eigenvalue weighted by atomic mass is 35.5. The molecule has 0 aliphatic rings. The lowest BCUT2D eigenvalue weighted by Gasteiger charge is -2.17. The summed E-state index contributed by atoms with van der Waals surface area (Å²) in [6, 6.07) is 17.2. The molecule has 140 valence electrons. The van der Waals surface area contributed by atoms with Gasteiger partial charge in [-0.25, -0.2) is 14.2 Å². The van der Waals surface area contributed by atoms with E-state index in [9.17, 15) is 14.3 Å². The fraction of sp³-hybridized carbons (Fsp3) is 0.0476. The second kappa shape index (κ2) is 7.32. The summed E-state index contributed by atoms with van der Waals surface area (Å²) in [6.45, 7) is 0. The normalized spacial score (nSPS) is 12.1. The number of ether oxygens (including phenoxy) is 1. The molecule has 0 aliphatic carbocycles. The number of fused-ring (bicyclic) bond motifs is 1. The lowest BCUT2D eigenvalue weighted by Crippen LogP contribution is -2.18. The Morgan fingerprint density at radius 2 is 1.93 bits per heavy atom. The number of para-hydroxylation sites is 2. The molecule has 0 saturated carbocycles. The average Bonchev–Trinajstić information content (AvgIpc) is 3.10. The van der Waals surface area contributed by atoms with Gasteiger partial charge in [-0.1, -0.05) is 35.9 Å². The predicted octanol–water partition coefficient (Wildman–Crippen LogP) is 5.49. The summed E-state index contributed by atoms with van der Waals surface area (Å²) in [4.78, 5) is 16.1. The van der Waals surface area contributed by atoms with Crippen LogP contribution in [0.3, 0.4) is 0 Å². The molecule has 0 saturated heterocycles. The van der Waals surface area contributed by atoms with Gasteiger partial charge in [-0.15, -0.1) is 0 Å². The maximum absolute atomic E-state index is 13.9. The molecule has 5 nitrogen and oxygen atoms in total. The zero-order valence-electron chi connectivity index (χ0n) is 14.3. The number of aromatic nitrogens is 1. The van der Waals surface area contributed by atoms with Crippen LogP contribution in [0.1, 0.15) is 11.7 Å². The molecule has 1 atom stereocenters. The van der Waals surface area contributed by atoms with Crippen molar-refractivity contribution in [3.8, 4) is 17.2 Å². The molecule has 1 N–H and O–H groups in total. The molecule has 0 aliphatic heterocycles. The van der Waals surface area contributed by atoms with Gasteiger partial charge in [0.15, 0.2) is 5.58 Å². The zero-order valence-corrected chi connectivity index (χ0v) is 15.1. The van der Waals surface area contributed by atoms with Crippen LogP contribution in [0.15, 0.2) is 71.1 Å². The van der Waals surface area contributed by atoms with Gasteiger partial charge in [0, 0.05) is 10.6 Å².